The summed E-state index contributed by atoms with van der Waals surface area (Å²) in [6.45, 7) is 2.40. The number of hydrogen-bond acceptors (Lipinski definition) is 6. The zero-order valence-electron chi connectivity index (χ0n) is 22.7. The van der Waals surface area contributed by atoms with E-state index in [2.05, 4.69) is 4.72 Å². The highest BCUT2D eigenvalue weighted by atomic mass is 35.5. The number of nitrogens with one attached hydrogen (secondary N) is 1. The quantitative estimate of drug-likeness (QED) is 0.346. The molecule has 39 heavy (non-hydrogen) atoms. The van der Waals surface area contributed by atoms with E-state index in [0.29, 0.717) is 42.1 Å². The fourth-order valence-electron chi connectivity index (χ4n) is 5.30. The Hall–Kier alpha value is -2.91. The first-order valence-electron chi connectivity index (χ1n) is 12.9. The van der Waals surface area contributed by atoms with E-state index >= 15 is 0 Å². The molecule has 0 spiro atoms. The van der Waals surface area contributed by atoms with Crippen LogP contribution in [0.25, 0.3) is 0 Å². The second-order valence-electron chi connectivity index (χ2n) is 10.3. The maximum absolute atomic E-state index is 13.4. The molecule has 0 saturated heterocycles. The van der Waals surface area contributed by atoms with Gasteiger partial charge in [-0.3, -0.25) is 0 Å². The molecule has 7 nitrogen and oxygen atoms in total. The molecule has 1 fully saturated rings. The van der Waals surface area contributed by atoms with Crippen LogP contribution in [0.15, 0.2) is 77.7 Å². The Bertz CT molecular complexity index is 1410. The van der Waals surface area contributed by atoms with Crippen LogP contribution in [0, 0.1) is 12.8 Å². The number of sulfonamides is 1. The van der Waals surface area contributed by atoms with Gasteiger partial charge in [0.2, 0.25) is 10.0 Å². The van der Waals surface area contributed by atoms with Crippen molar-refractivity contribution in [2.75, 3.05) is 27.7 Å². The first-order valence-corrected chi connectivity index (χ1v) is 14.8. The van der Waals surface area contributed by atoms with Gasteiger partial charge in [-0.1, -0.05) is 48.0 Å². The molecule has 1 aliphatic carbocycles. The van der Waals surface area contributed by atoms with Crippen LogP contribution >= 0.6 is 11.6 Å². The number of rotatable bonds is 9. The van der Waals surface area contributed by atoms with Crippen molar-refractivity contribution < 1.29 is 22.7 Å². The number of methoxy groups -OCH3 is 1. The Balaban J connectivity index is 1.70. The van der Waals surface area contributed by atoms with Gasteiger partial charge in [0.25, 0.3) is 0 Å². The summed E-state index contributed by atoms with van der Waals surface area (Å²) in [6.07, 6.45) is 1.37. The second kappa shape index (κ2) is 12.1. The zero-order valence-corrected chi connectivity index (χ0v) is 24.3. The largest absolute Gasteiger partial charge is 0.497 e. The average molecular weight is 571 g/mol. The minimum absolute atomic E-state index is 0.127. The summed E-state index contributed by atoms with van der Waals surface area (Å²) in [4.78, 5) is 15.6. The van der Waals surface area contributed by atoms with Crippen molar-refractivity contribution in [3.8, 4) is 5.75 Å². The number of nitrogens with zero attached hydrogens (tertiary/aromatic N) is 1. The second-order valence-corrected chi connectivity index (χ2v) is 12.5. The molecule has 0 aromatic heterocycles. The minimum Gasteiger partial charge on any atom is -0.497 e. The van der Waals surface area contributed by atoms with Crippen LogP contribution < -0.4 is 9.46 Å². The Kier molecular flexibility index (Phi) is 9.01. The molecule has 0 bridgehead atoms. The van der Waals surface area contributed by atoms with Crippen molar-refractivity contribution in [1.29, 1.82) is 0 Å². The lowest BCUT2D eigenvalue weighted by atomic mass is 9.69. The topological polar surface area (TPSA) is 84.9 Å². The van der Waals surface area contributed by atoms with Gasteiger partial charge < -0.3 is 14.4 Å². The summed E-state index contributed by atoms with van der Waals surface area (Å²) in [5.74, 6) is 0.0242. The van der Waals surface area contributed by atoms with Crippen molar-refractivity contribution >= 4 is 27.6 Å². The smallest absolute Gasteiger partial charge is 0.339 e. The highest BCUT2D eigenvalue weighted by molar-refractivity contribution is 7.89. The third-order valence-electron chi connectivity index (χ3n) is 7.30. The van der Waals surface area contributed by atoms with E-state index < -0.39 is 21.6 Å². The molecule has 0 aliphatic heterocycles. The van der Waals surface area contributed by atoms with Gasteiger partial charge in [-0.15, -0.1) is 0 Å². The predicted octanol–water partition coefficient (Wildman–Crippen LogP) is 5.42. The fourth-order valence-corrected chi connectivity index (χ4v) is 6.86. The average Bonchev–Trinajstić information content (AvgIpc) is 2.91. The van der Waals surface area contributed by atoms with E-state index in [9.17, 15) is 13.2 Å². The molecule has 0 amide bonds. The molecule has 3 aromatic rings. The van der Waals surface area contributed by atoms with Gasteiger partial charge in [0.05, 0.1) is 17.6 Å². The summed E-state index contributed by atoms with van der Waals surface area (Å²) in [5, 5.41) is 0.400. The number of aryl methyl sites for hydroxylation is 1. The van der Waals surface area contributed by atoms with Gasteiger partial charge in [-0.2, -0.15) is 0 Å². The predicted molar refractivity (Wildman–Crippen MR) is 153 cm³/mol. The van der Waals surface area contributed by atoms with Gasteiger partial charge in [-0.05, 0) is 87.8 Å². The van der Waals surface area contributed by atoms with Gasteiger partial charge in [0.1, 0.15) is 11.4 Å². The Morgan fingerprint density at radius 1 is 1.08 bits per heavy atom. The van der Waals surface area contributed by atoms with Crippen molar-refractivity contribution in [3.05, 3.63) is 94.5 Å². The third kappa shape index (κ3) is 6.64. The van der Waals surface area contributed by atoms with E-state index in [0.717, 1.165) is 11.1 Å². The van der Waals surface area contributed by atoms with Gasteiger partial charge in [0, 0.05) is 23.5 Å². The van der Waals surface area contributed by atoms with Crippen LogP contribution in [0.1, 0.15) is 40.7 Å². The van der Waals surface area contributed by atoms with Crippen molar-refractivity contribution in [2.24, 2.45) is 5.92 Å². The van der Waals surface area contributed by atoms with Gasteiger partial charge in [-0.25, -0.2) is 17.9 Å². The third-order valence-corrected chi connectivity index (χ3v) is 9.22. The van der Waals surface area contributed by atoms with Crippen LogP contribution in [-0.4, -0.2) is 53.1 Å². The molecule has 0 heterocycles. The van der Waals surface area contributed by atoms with Crippen LogP contribution in [0.3, 0.4) is 0 Å². The van der Waals surface area contributed by atoms with E-state index in [-0.39, 0.29) is 16.9 Å². The lowest BCUT2D eigenvalue weighted by Gasteiger charge is -2.47. The first kappa shape index (κ1) is 29.1. The number of ether oxygens (including phenoxy) is 2. The molecule has 3 unspecified atom stereocenters. The molecule has 1 aliphatic rings. The first-order chi connectivity index (χ1) is 18.5. The molecule has 3 atom stereocenters. The summed E-state index contributed by atoms with van der Waals surface area (Å²) < 4.78 is 41.4. The molecule has 1 saturated carbocycles. The van der Waals surface area contributed by atoms with Gasteiger partial charge >= 0.3 is 5.97 Å². The minimum atomic E-state index is -3.81. The lowest BCUT2D eigenvalue weighted by molar-refractivity contribution is -0.0866. The number of esters is 1. The Labute approximate surface area is 236 Å². The van der Waals surface area contributed by atoms with Crippen molar-refractivity contribution in [3.63, 3.8) is 0 Å². The maximum atomic E-state index is 13.4. The summed E-state index contributed by atoms with van der Waals surface area (Å²) >= 11 is 6.22. The SMILES string of the molecule is COc1cccc(C2(OC(=O)c3ccccc3)CCC(NS(=O)(=O)c3ccc(C)c(Cl)c3)CC2CN(C)C)c1. The summed E-state index contributed by atoms with van der Waals surface area (Å²) in [7, 11) is 1.71. The van der Waals surface area contributed by atoms with Crippen molar-refractivity contribution in [2.45, 2.75) is 42.7 Å². The summed E-state index contributed by atoms with van der Waals surface area (Å²) in [5.41, 5.74) is 1.11. The monoisotopic (exact) mass is 570 g/mol. The number of carbonyl (C=O) groups excluding carboxylic acids is 1. The Morgan fingerprint density at radius 3 is 2.49 bits per heavy atom. The van der Waals surface area contributed by atoms with E-state index in [1.807, 2.05) is 56.3 Å². The normalized spacial score (nSPS) is 21.5. The van der Waals surface area contributed by atoms with Crippen LogP contribution in [0.4, 0.5) is 0 Å². The molecule has 4 rings (SSSR count). The fraction of sp³-hybridized carbons (Fsp3) is 0.367. The molecular weight excluding hydrogens is 536 g/mol. The van der Waals surface area contributed by atoms with E-state index in [1.165, 1.54) is 6.07 Å². The van der Waals surface area contributed by atoms with E-state index in [4.69, 9.17) is 21.1 Å². The zero-order chi connectivity index (χ0) is 28.2. The highest BCUT2D eigenvalue weighted by Gasteiger charge is 2.49. The number of hydrogen-bond donors (Lipinski definition) is 1. The maximum Gasteiger partial charge on any atom is 0.339 e. The molecule has 9 heteroatoms. The standard InChI is InChI=1S/C30H35ClN2O5S/c1-21-13-14-27(19-28(21)31)39(35,36)32-25-15-16-30(24(17-25)20-33(2)3,23-11-8-12-26(18-23)37-4)38-29(34)22-9-6-5-7-10-22/h5-14,18-19,24-25,32H,15-17,20H2,1-4H3. The number of carbonyl (C=O) groups is 1. The van der Waals surface area contributed by atoms with Crippen LogP contribution in [-0.2, 0) is 20.4 Å². The van der Waals surface area contributed by atoms with Crippen LogP contribution in [0.2, 0.25) is 5.02 Å². The number of benzene rings is 3. The number of halogens is 1. The molecular formula is C30H35ClN2O5S. The molecule has 208 valence electrons. The highest BCUT2D eigenvalue weighted by Crippen LogP contribution is 2.47. The summed E-state index contributed by atoms with van der Waals surface area (Å²) in [6, 6.07) is 20.9. The molecule has 1 N–H and O–H groups in total. The molecule has 3 aromatic carbocycles. The molecule has 0 radical (unpaired) electrons. The van der Waals surface area contributed by atoms with Crippen molar-refractivity contribution in [1.82, 2.24) is 9.62 Å². The van der Waals surface area contributed by atoms with Crippen LogP contribution in [0.5, 0.6) is 5.75 Å². The van der Waals surface area contributed by atoms with Gasteiger partial charge in [0.15, 0.2) is 0 Å². The Morgan fingerprint density at radius 2 is 1.82 bits per heavy atom. The van der Waals surface area contributed by atoms with E-state index in [1.54, 1.807) is 43.5 Å². The lowest BCUT2D eigenvalue weighted by Crippen LogP contribution is -2.52.